The minimum atomic E-state index is -1.09. The van der Waals surface area contributed by atoms with Crippen molar-refractivity contribution in [3.63, 3.8) is 0 Å². The highest BCUT2D eigenvalue weighted by Gasteiger charge is 2.24. The maximum Gasteiger partial charge on any atom is 0.356 e. The van der Waals surface area contributed by atoms with Crippen LogP contribution in [0.1, 0.15) is 35.4 Å². The van der Waals surface area contributed by atoms with Crippen LogP contribution in [0.5, 0.6) is 0 Å². The Morgan fingerprint density at radius 2 is 2.00 bits per heavy atom. The molecule has 4 nitrogen and oxygen atoms in total. The lowest BCUT2D eigenvalue weighted by Crippen LogP contribution is -2.06. The van der Waals surface area contributed by atoms with Gasteiger partial charge in [0, 0.05) is 12.1 Å². The van der Waals surface area contributed by atoms with Crippen molar-refractivity contribution in [3.8, 4) is 11.4 Å². The number of aromatic nitrogens is 2. The van der Waals surface area contributed by atoms with E-state index in [9.17, 15) is 18.7 Å². The quantitative estimate of drug-likeness (QED) is 0.924. The van der Waals surface area contributed by atoms with Crippen molar-refractivity contribution in [3.05, 3.63) is 41.2 Å². The highest BCUT2D eigenvalue weighted by Crippen LogP contribution is 2.28. The molecule has 0 spiro atoms. The van der Waals surface area contributed by atoms with Gasteiger partial charge in [0.05, 0.1) is 5.69 Å². The number of carboxylic acids is 1. The van der Waals surface area contributed by atoms with Crippen molar-refractivity contribution >= 4 is 5.97 Å². The van der Waals surface area contributed by atoms with Crippen LogP contribution in [0, 0.1) is 11.6 Å². The van der Waals surface area contributed by atoms with Crippen LogP contribution in [0.15, 0.2) is 18.2 Å². The summed E-state index contributed by atoms with van der Waals surface area (Å²) in [6.45, 7) is 0.643. The van der Waals surface area contributed by atoms with Gasteiger partial charge in [0.2, 0.25) is 0 Å². The van der Waals surface area contributed by atoms with Crippen LogP contribution in [0.4, 0.5) is 8.78 Å². The number of hydrogen-bond acceptors (Lipinski definition) is 2. The second kappa shape index (κ2) is 5.27. The number of aromatic carboxylic acids is 1. The van der Waals surface area contributed by atoms with Crippen LogP contribution in [-0.2, 0) is 13.0 Å². The topological polar surface area (TPSA) is 55.1 Å². The molecule has 0 aliphatic carbocycles. The normalized spacial score (nSPS) is 14.6. The molecule has 6 heteroatoms. The first-order chi connectivity index (χ1) is 10.1. The summed E-state index contributed by atoms with van der Waals surface area (Å²) in [5.74, 6) is -2.59. The van der Waals surface area contributed by atoms with E-state index in [0.29, 0.717) is 30.0 Å². The van der Waals surface area contributed by atoms with E-state index in [2.05, 4.69) is 4.98 Å². The Bertz CT molecular complexity index is 710. The molecule has 2 aromatic rings. The molecule has 1 aromatic heterocycles. The number of hydrogen-bond donors (Lipinski definition) is 1. The number of fused-ring (bicyclic) bond motifs is 1. The Labute approximate surface area is 120 Å². The minimum absolute atomic E-state index is 0.0108. The summed E-state index contributed by atoms with van der Waals surface area (Å²) in [7, 11) is 0. The summed E-state index contributed by atoms with van der Waals surface area (Å²) in [5, 5.41) is 9.28. The zero-order valence-electron chi connectivity index (χ0n) is 11.3. The molecular formula is C15H14F2N2O2. The molecule has 0 saturated carbocycles. The number of imidazole rings is 1. The van der Waals surface area contributed by atoms with Gasteiger partial charge < -0.3 is 9.67 Å². The molecule has 1 aliphatic heterocycles. The van der Waals surface area contributed by atoms with Gasteiger partial charge in [-0.1, -0.05) is 6.42 Å². The number of carboxylic acid groups (broad SMARTS) is 1. The van der Waals surface area contributed by atoms with Gasteiger partial charge >= 0.3 is 5.97 Å². The molecule has 0 atom stereocenters. The van der Waals surface area contributed by atoms with Crippen molar-refractivity contribution in [2.24, 2.45) is 0 Å². The molecule has 1 aromatic carbocycles. The van der Waals surface area contributed by atoms with E-state index in [1.807, 2.05) is 4.57 Å². The van der Waals surface area contributed by atoms with Crippen molar-refractivity contribution in [1.29, 1.82) is 0 Å². The first-order valence-electron chi connectivity index (χ1n) is 6.86. The summed E-state index contributed by atoms with van der Waals surface area (Å²) in [5.41, 5.74) is 1.07. The fourth-order valence-electron chi connectivity index (χ4n) is 2.75. The number of nitrogens with zero attached hydrogens (tertiary/aromatic N) is 2. The molecular weight excluding hydrogens is 278 g/mol. The zero-order valence-corrected chi connectivity index (χ0v) is 11.3. The molecule has 1 N–H and O–H groups in total. The van der Waals surface area contributed by atoms with Crippen LogP contribution < -0.4 is 0 Å². The molecule has 21 heavy (non-hydrogen) atoms. The molecule has 0 radical (unpaired) electrons. The Balaban J connectivity index is 2.17. The summed E-state index contributed by atoms with van der Waals surface area (Å²) < 4.78 is 28.3. The van der Waals surface area contributed by atoms with Gasteiger partial charge in [-0.3, -0.25) is 0 Å². The van der Waals surface area contributed by atoms with E-state index >= 15 is 0 Å². The van der Waals surface area contributed by atoms with Gasteiger partial charge in [0.15, 0.2) is 17.3 Å². The summed E-state index contributed by atoms with van der Waals surface area (Å²) in [6.07, 6.45) is 3.47. The lowest BCUT2D eigenvalue weighted by molar-refractivity contribution is 0.0689. The third-order valence-corrected chi connectivity index (χ3v) is 3.75. The van der Waals surface area contributed by atoms with E-state index in [1.54, 1.807) is 0 Å². The molecule has 110 valence electrons. The van der Waals surface area contributed by atoms with E-state index in [4.69, 9.17) is 0 Å². The van der Waals surface area contributed by atoms with E-state index < -0.39 is 17.6 Å². The predicted octanol–water partition coefficient (Wildman–Crippen LogP) is 3.25. The number of rotatable bonds is 2. The zero-order chi connectivity index (χ0) is 15.0. The maximum absolute atomic E-state index is 13.4. The lowest BCUT2D eigenvalue weighted by atomic mass is 10.1. The summed E-state index contributed by atoms with van der Waals surface area (Å²) in [6, 6.07) is 3.51. The Kier molecular flexibility index (Phi) is 3.45. The molecule has 0 fully saturated rings. The third kappa shape index (κ3) is 2.41. The highest BCUT2D eigenvalue weighted by atomic mass is 19.2. The number of benzene rings is 1. The van der Waals surface area contributed by atoms with Crippen molar-refractivity contribution in [2.75, 3.05) is 0 Å². The van der Waals surface area contributed by atoms with Crippen LogP contribution >= 0.6 is 0 Å². The smallest absolute Gasteiger partial charge is 0.356 e. The van der Waals surface area contributed by atoms with Crippen molar-refractivity contribution in [1.82, 2.24) is 9.55 Å². The standard InChI is InChI=1S/C15H14F2N2O2/c16-10-6-5-9(8-11(10)17)14-18-13(15(20)21)12-4-2-1-3-7-19(12)14/h5-6,8H,1-4,7H2,(H,20,21). The molecule has 2 heterocycles. The van der Waals surface area contributed by atoms with Crippen LogP contribution in [0.25, 0.3) is 11.4 Å². The monoisotopic (exact) mass is 292 g/mol. The van der Waals surface area contributed by atoms with Crippen LogP contribution in [0.2, 0.25) is 0 Å². The van der Waals surface area contributed by atoms with Crippen molar-refractivity contribution < 1.29 is 18.7 Å². The Morgan fingerprint density at radius 1 is 1.19 bits per heavy atom. The van der Waals surface area contributed by atoms with Gasteiger partial charge in [-0.25, -0.2) is 18.6 Å². The maximum atomic E-state index is 13.4. The van der Waals surface area contributed by atoms with E-state index in [-0.39, 0.29) is 5.69 Å². The van der Waals surface area contributed by atoms with Crippen LogP contribution in [-0.4, -0.2) is 20.6 Å². The first-order valence-corrected chi connectivity index (χ1v) is 6.86. The molecule has 0 unspecified atom stereocenters. The largest absolute Gasteiger partial charge is 0.476 e. The summed E-state index contributed by atoms with van der Waals surface area (Å²) >= 11 is 0. The molecule has 0 bridgehead atoms. The lowest BCUT2D eigenvalue weighted by Gasteiger charge is -2.08. The predicted molar refractivity (Wildman–Crippen MR) is 72.1 cm³/mol. The van der Waals surface area contributed by atoms with Gasteiger partial charge in [0.1, 0.15) is 5.82 Å². The SMILES string of the molecule is O=C(O)c1nc(-c2ccc(F)c(F)c2)n2c1CCCCC2. The van der Waals surface area contributed by atoms with Gasteiger partial charge in [-0.05, 0) is 37.5 Å². The second-order valence-electron chi connectivity index (χ2n) is 5.13. The Morgan fingerprint density at radius 3 is 2.71 bits per heavy atom. The average molecular weight is 292 g/mol. The number of carbonyl (C=O) groups is 1. The number of halogens is 2. The molecule has 3 rings (SSSR count). The van der Waals surface area contributed by atoms with Crippen LogP contribution in [0.3, 0.4) is 0 Å². The molecule has 1 aliphatic rings. The highest BCUT2D eigenvalue weighted by molar-refractivity contribution is 5.88. The van der Waals surface area contributed by atoms with Crippen molar-refractivity contribution in [2.45, 2.75) is 32.2 Å². The van der Waals surface area contributed by atoms with E-state index in [0.717, 1.165) is 31.4 Å². The van der Waals surface area contributed by atoms with Gasteiger partial charge in [-0.2, -0.15) is 0 Å². The molecule has 0 saturated heterocycles. The first kappa shape index (κ1) is 13.7. The second-order valence-corrected chi connectivity index (χ2v) is 5.13. The third-order valence-electron chi connectivity index (χ3n) is 3.75. The van der Waals surface area contributed by atoms with E-state index in [1.165, 1.54) is 6.07 Å². The Hall–Kier alpha value is -2.24. The average Bonchev–Trinajstić information content (AvgIpc) is 2.65. The fourth-order valence-corrected chi connectivity index (χ4v) is 2.75. The molecule has 0 amide bonds. The van der Waals surface area contributed by atoms with Gasteiger partial charge in [-0.15, -0.1) is 0 Å². The fraction of sp³-hybridized carbons (Fsp3) is 0.333. The van der Waals surface area contributed by atoms with Gasteiger partial charge in [0.25, 0.3) is 0 Å². The summed E-state index contributed by atoms with van der Waals surface area (Å²) in [4.78, 5) is 15.5. The minimum Gasteiger partial charge on any atom is -0.476 e.